The molecule has 0 aromatic heterocycles. The van der Waals surface area contributed by atoms with Crippen molar-refractivity contribution in [2.75, 3.05) is 23.9 Å². The molecule has 0 radical (unpaired) electrons. The summed E-state index contributed by atoms with van der Waals surface area (Å²) in [4.78, 5) is 26.4. The average molecular weight is 353 g/mol. The number of ether oxygens (including phenoxy) is 1. The Labute approximate surface area is 152 Å². The van der Waals surface area contributed by atoms with E-state index in [1.165, 1.54) is 0 Å². The van der Waals surface area contributed by atoms with Gasteiger partial charge in [0.25, 0.3) is 0 Å². The molecule has 1 unspecified atom stereocenters. The predicted octanol–water partition coefficient (Wildman–Crippen LogP) is 2.85. The number of methoxy groups -OCH3 is 1. The minimum Gasteiger partial charge on any atom is -0.495 e. The summed E-state index contributed by atoms with van der Waals surface area (Å²) in [6.07, 6.45) is 2.38. The van der Waals surface area contributed by atoms with Gasteiger partial charge in [-0.3, -0.25) is 9.59 Å². The third-order valence-corrected chi connectivity index (χ3v) is 4.50. The van der Waals surface area contributed by atoms with Crippen LogP contribution in [0.2, 0.25) is 0 Å². The largest absolute Gasteiger partial charge is 0.495 e. The number of carbonyl (C=O) groups excluding carboxylic acids is 2. The fourth-order valence-corrected chi connectivity index (χ4v) is 3.07. The van der Waals surface area contributed by atoms with Gasteiger partial charge in [-0.05, 0) is 36.6 Å². The molecule has 3 N–H and O–H groups in total. The van der Waals surface area contributed by atoms with Gasteiger partial charge in [0.15, 0.2) is 0 Å². The summed E-state index contributed by atoms with van der Waals surface area (Å²) in [5, 5.41) is 2.83. The fraction of sp³-hybridized carbons (Fsp3) is 0.300. The highest BCUT2D eigenvalue weighted by molar-refractivity contribution is 5.99. The van der Waals surface area contributed by atoms with Gasteiger partial charge in [-0.2, -0.15) is 0 Å². The number of nitrogens with zero attached hydrogens (tertiary/aromatic N) is 1. The van der Waals surface area contributed by atoms with Gasteiger partial charge in [-0.25, -0.2) is 0 Å². The molecule has 1 aliphatic rings. The van der Waals surface area contributed by atoms with Crippen LogP contribution in [0, 0.1) is 0 Å². The number of carbonyl (C=O) groups is 2. The molecule has 2 amide bonds. The first-order chi connectivity index (χ1) is 12.6. The molecule has 1 saturated heterocycles. The molecule has 1 aliphatic heterocycles. The van der Waals surface area contributed by atoms with Crippen molar-refractivity contribution < 1.29 is 14.3 Å². The molecule has 0 bridgehead atoms. The molecule has 6 nitrogen and oxygen atoms in total. The van der Waals surface area contributed by atoms with E-state index in [2.05, 4.69) is 5.32 Å². The highest BCUT2D eigenvalue weighted by Crippen LogP contribution is 2.33. The van der Waals surface area contributed by atoms with Crippen LogP contribution in [-0.4, -0.2) is 25.5 Å². The van der Waals surface area contributed by atoms with Crippen molar-refractivity contribution in [3.63, 3.8) is 0 Å². The second kappa shape index (κ2) is 8.01. The molecule has 2 aromatic carbocycles. The molecule has 0 aliphatic carbocycles. The summed E-state index contributed by atoms with van der Waals surface area (Å²) >= 11 is 0. The third-order valence-electron chi connectivity index (χ3n) is 4.50. The van der Waals surface area contributed by atoms with E-state index in [1.807, 2.05) is 30.3 Å². The van der Waals surface area contributed by atoms with Gasteiger partial charge in [-0.15, -0.1) is 0 Å². The Hall–Kier alpha value is -2.86. The lowest BCUT2D eigenvalue weighted by molar-refractivity contribution is -0.119. The molecule has 1 atom stereocenters. The van der Waals surface area contributed by atoms with Crippen LogP contribution in [0.15, 0.2) is 48.5 Å². The van der Waals surface area contributed by atoms with Gasteiger partial charge in [0, 0.05) is 18.7 Å². The minimum absolute atomic E-state index is 0.0685. The number of nitrogens with one attached hydrogen (secondary N) is 1. The maximum Gasteiger partial charge on any atom is 0.245 e. The van der Waals surface area contributed by atoms with Crippen LogP contribution in [0.3, 0.4) is 0 Å². The van der Waals surface area contributed by atoms with Crippen molar-refractivity contribution in [3.8, 4) is 5.75 Å². The number of nitrogens with two attached hydrogens (primary N) is 1. The van der Waals surface area contributed by atoms with Gasteiger partial charge >= 0.3 is 0 Å². The highest BCUT2D eigenvalue weighted by atomic mass is 16.5. The zero-order chi connectivity index (χ0) is 18.5. The maximum absolute atomic E-state index is 12.5. The summed E-state index contributed by atoms with van der Waals surface area (Å²) in [6, 6.07) is 13.7. The summed E-state index contributed by atoms with van der Waals surface area (Å²) < 4.78 is 5.39. The topological polar surface area (TPSA) is 84.7 Å². The van der Waals surface area contributed by atoms with Crippen molar-refractivity contribution >= 4 is 23.2 Å². The molecule has 0 spiro atoms. The number of rotatable bonds is 5. The molecule has 6 heteroatoms. The first kappa shape index (κ1) is 17.9. The van der Waals surface area contributed by atoms with Gasteiger partial charge < -0.3 is 20.7 Å². The Morgan fingerprint density at radius 2 is 1.96 bits per heavy atom. The molecule has 26 heavy (non-hydrogen) atoms. The van der Waals surface area contributed by atoms with E-state index in [0.717, 1.165) is 18.4 Å². The van der Waals surface area contributed by atoms with Crippen LogP contribution >= 0.6 is 0 Å². The van der Waals surface area contributed by atoms with E-state index >= 15 is 0 Å². The Morgan fingerprint density at radius 3 is 2.65 bits per heavy atom. The summed E-state index contributed by atoms with van der Waals surface area (Å²) in [5.74, 6) is 0.363. The molecule has 136 valence electrons. The Bertz CT molecular complexity index is 792. The molecule has 2 aromatic rings. The van der Waals surface area contributed by atoms with Gasteiger partial charge in [0.05, 0.1) is 12.8 Å². The van der Waals surface area contributed by atoms with Crippen LogP contribution in [-0.2, 0) is 9.59 Å². The lowest BCUT2D eigenvalue weighted by Gasteiger charge is -2.28. The fourth-order valence-electron chi connectivity index (χ4n) is 3.07. The van der Waals surface area contributed by atoms with Gasteiger partial charge in [-0.1, -0.05) is 30.3 Å². The monoisotopic (exact) mass is 353 g/mol. The van der Waals surface area contributed by atoms with E-state index in [-0.39, 0.29) is 11.8 Å². The average Bonchev–Trinajstić information content (AvgIpc) is 2.68. The van der Waals surface area contributed by atoms with Crippen molar-refractivity contribution in [1.29, 1.82) is 0 Å². The van der Waals surface area contributed by atoms with E-state index in [1.54, 1.807) is 30.2 Å². The van der Waals surface area contributed by atoms with E-state index in [9.17, 15) is 9.59 Å². The number of anilines is 2. The van der Waals surface area contributed by atoms with Crippen molar-refractivity contribution in [2.24, 2.45) is 5.73 Å². The molecule has 1 fully saturated rings. The number of amides is 2. The maximum atomic E-state index is 12.5. The number of benzene rings is 2. The van der Waals surface area contributed by atoms with E-state index < -0.39 is 6.04 Å². The first-order valence-electron chi connectivity index (χ1n) is 8.70. The number of hydrogen-bond acceptors (Lipinski definition) is 4. The smallest absolute Gasteiger partial charge is 0.245 e. The molecule has 1 heterocycles. The Morgan fingerprint density at radius 1 is 1.19 bits per heavy atom. The predicted molar refractivity (Wildman–Crippen MR) is 101 cm³/mol. The minimum atomic E-state index is -0.765. The Kier molecular flexibility index (Phi) is 5.53. The molecule has 0 saturated carbocycles. The van der Waals surface area contributed by atoms with Crippen LogP contribution in [0.1, 0.15) is 30.9 Å². The van der Waals surface area contributed by atoms with Crippen LogP contribution in [0.4, 0.5) is 11.4 Å². The first-order valence-corrected chi connectivity index (χ1v) is 8.70. The zero-order valence-electron chi connectivity index (χ0n) is 14.8. The lowest BCUT2D eigenvalue weighted by atomic mass is 10.1. The van der Waals surface area contributed by atoms with Crippen molar-refractivity contribution in [2.45, 2.75) is 25.3 Å². The third kappa shape index (κ3) is 3.86. The van der Waals surface area contributed by atoms with E-state index in [4.69, 9.17) is 10.5 Å². The normalized spacial score (nSPS) is 15.5. The van der Waals surface area contributed by atoms with Gasteiger partial charge in [0.1, 0.15) is 11.8 Å². The van der Waals surface area contributed by atoms with Crippen molar-refractivity contribution in [3.05, 3.63) is 54.1 Å². The lowest BCUT2D eigenvalue weighted by Crippen LogP contribution is -2.35. The zero-order valence-corrected chi connectivity index (χ0v) is 14.8. The van der Waals surface area contributed by atoms with Crippen LogP contribution in [0.5, 0.6) is 5.75 Å². The highest BCUT2D eigenvalue weighted by Gasteiger charge is 2.23. The summed E-state index contributed by atoms with van der Waals surface area (Å²) in [5.41, 5.74) is 8.03. The summed E-state index contributed by atoms with van der Waals surface area (Å²) in [7, 11) is 1.57. The Balaban J connectivity index is 1.81. The molecule has 3 rings (SSSR count). The number of piperidine rings is 1. The number of hydrogen-bond donors (Lipinski definition) is 2. The van der Waals surface area contributed by atoms with E-state index in [0.29, 0.717) is 30.1 Å². The quantitative estimate of drug-likeness (QED) is 0.866. The molecular formula is C20H23N3O3. The van der Waals surface area contributed by atoms with Crippen LogP contribution < -0.4 is 20.7 Å². The SMILES string of the molecule is COc1ccc(NC(=O)C(N)c2ccccc2)cc1N1CCCCC1=O. The second-order valence-electron chi connectivity index (χ2n) is 6.27. The van der Waals surface area contributed by atoms with Crippen LogP contribution in [0.25, 0.3) is 0 Å². The molecular weight excluding hydrogens is 330 g/mol. The van der Waals surface area contributed by atoms with Gasteiger partial charge in [0.2, 0.25) is 11.8 Å². The standard InChI is InChI=1S/C20H23N3O3/c1-26-17-11-10-15(13-16(17)23-12-6-5-9-18(23)24)22-20(25)19(21)14-7-3-2-4-8-14/h2-4,7-8,10-11,13,19H,5-6,9,12,21H2,1H3,(H,22,25). The van der Waals surface area contributed by atoms with Crippen molar-refractivity contribution in [1.82, 2.24) is 0 Å². The second-order valence-corrected chi connectivity index (χ2v) is 6.27. The summed E-state index contributed by atoms with van der Waals surface area (Å²) in [6.45, 7) is 0.649.